The van der Waals surface area contributed by atoms with Crippen LogP contribution in [-0.4, -0.2) is 16.8 Å². The molecule has 1 saturated carbocycles. The number of thiazole rings is 1. The maximum absolute atomic E-state index is 11.9. The number of carbonyl (C=O) groups is 2. The maximum Gasteiger partial charge on any atom is 0.229 e. The van der Waals surface area contributed by atoms with E-state index in [4.69, 9.17) is 0 Å². The fraction of sp³-hybridized carbons (Fsp3) is 0.353. The van der Waals surface area contributed by atoms with Gasteiger partial charge in [-0.1, -0.05) is 30.7 Å². The summed E-state index contributed by atoms with van der Waals surface area (Å²) in [4.78, 5) is 27.3. The van der Waals surface area contributed by atoms with Gasteiger partial charge in [0.05, 0.1) is 5.69 Å². The van der Waals surface area contributed by atoms with Crippen molar-refractivity contribution >= 4 is 28.3 Å². The third-order valence-corrected chi connectivity index (χ3v) is 4.76. The number of nitrogens with zero attached hydrogens (tertiary/aromatic N) is 1. The fourth-order valence-corrected chi connectivity index (χ4v) is 3.08. The minimum atomic E-state index is -0.0413. The highest BCUT2D eigenvalue weighted by molar-refractivity contribution is 7.14. The molecule has 1 aromatic carbocycles. The molecule has 23 heavy (non-hydrogen) atoms. The van der Waals surface area contributed by atoms with Crippen LogP contribution in [0.2, 0.25) is 0 Å². The monoisotopic (exact) mass is 329 g/mol. The molecule has 0 saturated heterocycles. The molecule has 120 valence electrons. The van der Waals surface area contributed by atoms with Crippen LogP contribution in [0.3, 0.4) is 0 Å². The zero-order chi connectivity index (χ0) is 16.2. The zero-order valence-electron chi connectivity index (χ0n) is 13.0. The molecule has 1 heterocycles. The molecule has 2 aromatic rings. The Morgan fingerprint density at radius 3 is 2.61 bits per heavy atom. The molecule has 2 amide bonds. The van der Waals surface area contributed by atoms with Crippen LogP contribution in [0.25, 0.3) is 11.3 Å². The van der Waals surface area contributed by atoms with Gasteiger partial charge in [0, 0.05) is 30.3 Å². The van der Waals surface area contributed by atoms with Gasteiger partial charge in [0.15, 0.2) is 5.13 Å². The number of rotatable bonds is 5. The van der Waals surface area contributed by atoms with Crippen LogP contribution < -0.4 is 10.6 Å². The van der Waals surface area contributed by atoms with Crippen molar-refractivity contribution in [2.45, 2.75) is 32.7 Å². The van der Waals surface area contributed by atoms with Crippen LogP contribution in [0.15, 0.2) is 29.6 Å². The van der Waals surface area contributed by atoms with Gasteiger partial charge >= 0.3 is 0 Å². The maximum atomic E-state index is 11.9. The summed E-state index contributed by atoms with van der Waals surface area (Å²) in [6.45, 7) is 2.03. The first-order chi connectivity index (χ1) is 11.1. The summed E-state index contributed by atoms with van der Waals surface area (Å²) in [6, 6.07) is 7.89. The van der Waals surface area contributed by atoms with E-state index in [2.05, 4.69) is 15.6 Å². The molecular formula is C17H19N3O2S. The lowest BCUT2D eigenvalue weighted by molar-refractivity contribution is -0.122. The number of benzene rings is 1. The van der Waals surface area contributed by atoms with Crippen molar-refractivity contribution in [2.24, 2.45) is 5.92 Å². The molecule has 1 aliphatic rings. The van der Waals surface area contributed by atoms with Gasteiger partial charge in [-0.2, -0.15) is 0 Å². The van der Waals surface area contributed by atoms with Crippen molar-refractivity contribution in [3.63, 3.8) is 0 Å². The van der Waals surface area contributed by atoms with E-state index < -0.39 is 0 Å². The van der Waals surface area contributed by atoms with Crippen LogP contribution in [0.5, 0.6) is 0 Å². The molecule has 0 bridgehead atoms. The minimum absolute atomic E-state index is 0.0413. The van der Waals surface area contributed by atoms with Crippen LogP contribution >= 0.6 is 11.3 Å². The van der Waals surface area contributed by atoms with Gasteiger partial charge in [-0.15, -0.1) is 11.3 Å². The van der Waals surface area contributed by atoms with Gasteiger partial charge in [0.2, 0.25) is 11.8 Å². The Kier molecular flexibility index (Phi) is 4.71. The molecule has 2 N–H and O–H groups in total. The van der Waals surface area contributed by atoms with E-state index in [1.807, 2.05) is 29.6 Å². The summed E-state index contributed by atoms with van der Waals surface area (Å²) in [6.07, 6.45) is 3.12. The number of aromatic nitrogens is 1. The lowest BCUT2D eigenvalue weighted by Gasteiger charge is -2.23. The lowest BCUT2D eigenvalue weighted by Crippen LogP contribution is -2.27. The lowest BCUT2D eigenvalue weighted by atomic mass is 9.85. The van der Waals surface area contributed by atoms with Gasteiger partial charge in [-0.05, 0) is 18.4 Å². The highest BCUT2D eigenvalue weighted by Gasteiger charge is 2.25. The highest BCUT2D eigenvalue weighted by Crippen LogP contribution is 2.29. The van der Waals surface area contributed by atoms with Crippen molar-refractivity contribution in [3.8, 4) is 11.3 Å². The normalized spacial score (nSPS) is 14.1. The Bertz CT molecular complexity index is 705. The molecule has 1 fully saturated rings. The summed E-state index contributed by atoms with van der Waals surface area (Å²) >= 11 is 1.44. The zero-order valence-corrected chi connectivity index (χ0v) is 13.8. The number of hydrogen-bond acceptors (Lipinski definition) is 4. The molecule has 5 nitrogen and oxygen atoms in total. The SMILES string of the molecule is CC(=O)NCc1ccc(-c2csc(NC(=O)C3CCC3)n2)cc1. The largest absolute Gasteiger partial charge is 0.352 e. The number of hydrogen-bond donors (Lipinski definition) is 2. The second kappa shape index (κ2) is 6.91. The van der Waals surface area contributed by atoms with Crippen LogP contribution in [0.4, 0.5) is 5.13 Å². The molecule has 0 unspecified atom stereocenters. The first kappa shape index (κ1) is 15.7. The van der Waals surface area contributed by atoms with E-state index in [1.165, 1.54) is 18.3 Å². The van der Waals surface area contributed by atoms with E-state index in [9.17, 15) is 9.59 Å². The Hall–Kier alpha value is -2.21. The second-order valence-corrected chi connectivity index (χ2v) is 6.62. The highest BCUT2D eigenvalue weighted by atomic mass is 32.1. The summed E-state index contributed by atoms with van der Waals surface area (Å²) in [5.41, 5.74) is 2.89. The van der Waals surface area contributed by atoms with Crippen molar-refractivity contribution in [3.05, 3.63) is 35.2 Å². The smallest absolute Gasteiger partial charge is 0.229 e. The average Bonchev–Trinajstić information content (AvgIpc) is 2.92. The third kappa shape index (κ3) is 3.96. The minimum Gasteiger partial charge on any atom is -0.352 e. The molecule has 0 spiro atoms. The van der Waals surface area contributed by atoms with Crippen molar-refractivity contribution in [1.82, 2.24) is 10.3 Å². The van der Waals surface area contributed by atoms with E-state index in [0.29, 0.717) is 11.7 Å². The summed E-state index contributed by atoms with van der Waals surface area (Å²) in [7, 11) is 0. The van der Waals surface area contributed by atoms with Crippen molar-refractivity contribution < 1.29 is 9.59 Å². The van der Waals surface area contributed by atoms with Crippen LogP contribution in [0.1, 0.15) is 31.7 Å². The van der Waals surface area contributed by atoms with Gasteiger partial charge in [-0.25, -0.2) is 4.98 Å². The number of carbonyl (C=O) groups excluding carboxylic acids is 2. The van der Waals surface area contributed by atoms with E-state index in [-0.39, 0.29) is 17.7 Å². The number of anilines is 1. The predicted molar refractivity (Wildman–Crippen MR) is 91.0 cm³/mol. The molecule has 3 rings (SSSR count). The molecule has 0 atom stereocenters. The predicted octanol–water partition coefficient (Wildman–Crippen LogP) is 3.18. The standard InChI is InChI=1S/C17H19N3O2S/c1-11(21)18-9-12-5-7-13(8-6-12)15-10-23-17(19-15)20-16(22)14-3-2-4-14/h5-8,10,14H,2-4,9H2,1H3,(H,18,21)(H,19,20,22). The Balaban J connectivity index is 1.62. The Morgan fingerprint density at radius 1 is 1.26 bits per heavy atom. The van der Waals surface area contributed by atoms with E-state index >= 15 is 0 Å². The van der Waals surface area contributed by atoms with Crippen molar-refractivity contribution in [2.75, 3.05) is 5.32 Å². The van der Waals surface area contributed by atoms with Crippen molar-refractivity contribution in [1.29, 1.82) is 0 Å². The Morgan fingerprint density at radius 2 is 2.00 bits per heavy atom. The summed E-state index contributed by atoms with van der Waals surface area (Å²) in [5, 5.41) is 8.26. The quantitative estimate of drug-likeness (QED) is 0.885. The molecule has 1 aliphatic carbocycles. The summed E-state index contributed by atoms with van der Waals surface area (Å²) < 4.78 is 0. The van der Waals surface area contributed by atoms with E-state index in [0.717, 1.165) is 36.1 Å². The van der Waals surface area contributed by atoms with Gasteiger partial charge in [0.1, 0.15) is 0 Å². The van der Waals surface area contributed by atoms with Gasteiger partial charge < -0.3 is 10.6 Å². The second-order valence-electron chi connectivity index (χ2n) is 5.76. The van der Waals surface area contributed by atoms with E-state index in [1.54, 1.807) is 0 Å². The first-order valence-electron chi connectivity index (χ1n) is 7.72. The number of amides is 2. The number of nitrogens with one attached hydrogen (secondary N) is 2. The van der Waals surface area contributed by atoms with Gasteiger partial charge in [-0.3, -0.25) is 9.59 Å². The average molecular weight is 329 g/mol. The summed E-state index contributed by atoms with van der Waals surface area (Å²) in [5.74, 6) is 0.207. The molecule has 0 radical (unpaired) electrons. The fourth-order valence-electron chi connectivity index (χ4n) is 2.36. The van der Waals surface area contributed by atoms with Crippen LogP contribution in [-0.2, 0) is 16.1 Å². The van der Waals surface area contributed by atoms with Crippen LogP contribution in [0, 0.1) is 5.92 Å². The molecular weight excluding hydrogens is 310 g/mol. The topological polar surface area (TPSA) is 71.1 Å². The first-order valence-corrected chi connectivity index (χ1v) is 8.60. The third-order valence-electron chi connectivity index (χ3n) is 4.00. The Labute approximate surface area is 139 Å². The van der Waals surface area contributed by atoms with Gasteiger partial charge in [0.25, 0.3) is 0 Å². The molecule has 6 heteroatoms. The molecule has 1 aromatic heterocycles. The molecule has 0 aliphatic heterocycles.